The summed E-state index contributed by atoms with van der Waals surface area (Å²) in [5.41, 5.74) is 3.50. The maximum atomic E-state index is 11.2. The van der Waals surface area contributed by atoms with Gasteiger partial charge in [-0.25, -0.2) is 4.98 Å². The van der Waals surface area contributed by atoms with Crippen molar-refractivity contribution in [3.8, 4) is 0 Å². The highest BCUT2D eigenvalue weighted by Crippen LogP contribution is 2.20. The number of imidazole rings is 1. The van der Waals surface area contributed by atoms with Crippen LogP contribution in [0.15, 0.2) is 5.38 Å². The Hall–Kier alpha value is -0.720. The first-order chi connectivity index (χ1) is 8.49. The molecule has 0 amide bonds. The zero-order valence-electron chi connectivity index (χ0n) is 11.2. The normalized spacial score (nSPS) is 15.1. The zero-order chi connectivity index (χ0) is 13.3. The average molecular weight is 285 g/mol. The molecule has 18 heavy (non-hydrogen) atoms. The molecule has 0 aliphatic heterocycles. The predicted octanol–water partition coefficient (Wildman–Crippen LogP) is 1.87. The molecule has 2 aromatic heterocycles. The first-order valence-corrected chi connectivity index (χ1v) is 8.55. The van der Waals surface area contributed by atoms with Crippen molar-refractivity contribution >= 4 is 27.1 Å². The first-order valence-electron chi connectivity index (χ1n) is 5.94. The molecule has 6 heteroatoms. The van der Waals surface area contributed by atoms with Crippen molar-refractivity contribution < 1.29 is 4.21 Å². The summed E-state index contributed by atoms with van der Waals surface area (Å²) < 4.78 is 13.4. The third-order valence-electron chi connectivity index (χ3n) is 2.93. The van der Waals surface area contributed by atoms with Crippen LogP contribution in [-0.2, 0) is 17.3 Å². The van der Waals surface area contributed by atoms with Gasteiger partial charge in [0.2, 0.25) is 0 Å². The Morgan fingerprint density at radius 1 is 1.56 bits per heavy atom. The second kappa shape index (κ2) is 5.50. The molecule has 2 atom stereocenters. The number of aromatic nitrogens is 2. The van der Waals surface area contributed by atoms with E-state index in [9.17, 15) is 4.21 Å². The van der Waals surface area contributed by atoms with Crippen molar-refractivity contribution in [2.24, 2.45) is 0 Å². The molecule has 4 nitrogen and oxygen atoms in total. The minimum Gasteiger partial charge on any atom is -0.308 e. The third-order valence-corrected chi connectivity index (χ3v) is 4.85. The van der Waals surface area contributed by atoms with Crippen LogP contribution in [0.2, 0.25) is 0 Å². The molecule has 0 bridgehead atoms. The molecule has 0 radical (unpaired) electrons. The summed E-state index contributed by atoms with van der Waals surface area (Å²) in [5.74, 6) is 0.684. The van der Waals surface area contributed by atoms with Gasteiger partial charge in [0.15, 0.2) is 4.96 Å². The van der Waals surface area contributed by atoms with Crippen molar-refractivity contribution in [3.63, 3.8) is 0 Å². The van der Waals surface area contributed by atoms with Crippen molar-refractivity contribution in [2.75, 3.05) is 12.0 Å². The van der Waals surface area contributed by atoms with Gasteiger partial charge < -0.3 is 5.32 Å². The van der Waals surface area contributed by atoms with Gasteiger partial charge in [0.05, 0.1) is 11.4 Å². The van der Waals surface area contributed by atoms with Crippen LogP contribution >= 0.6 is 11.3 Å². The van der Waals surface area contributed by atoms with Crippen molar-refractivity contribution in [1.29, 1.82) is 0 Å². The minimum atomic E-state index is -0.756. The number of hydrogen-bond acceptors (Lipinski definition) is 4. The largest absolute Gasteiger partial charge is 0.308 e. The van der Waals surface area contributed by atoms with E-state index in [1.165, 1.54) is 11.4 Å². The topological polar surface area (TPSA) is 46.4 Å². The lowest BCUT2D eigenvalue weighted by Crippen LogP contribution is -2.31. The summed E-state index contributed by atoms with van der Waals surface area (Å²) in [4.78, 5) is 5.60. The van der Waals surface area contributed by atoms with Crippen LogP contribution in [-0.4, -0.2) is 31.6 Å². The monoisotopic (exact) mass is 285 g/mol. The van der Waals surface area contributed by atoms with Crippen LogP contribution in [0.25, 0.3) is 4.96 Å². The molecule has 0 saturated heterocycles. The fourth-order valence-electron chi connectivity index (χ4n) is 2.06. The molecule has 0 aliphatic rings. The van der Waals surface area contributed by atoms with Crippen LogP contribution in [0.1, 0.15) is 24.0 Å². The number of thiazole rings is 1. The standard InChI is InChI=1S/C12H19N3OS2/c1-8(7-18(4)16)13-5-11-10(3)14-12-15(11)9(2)6-17-12/h6,8,13H,5,7H2,1-4H3. The molecule has 0 aliphatic carbocycles. The van der Waals surface area contributed by atoms with Crippen molar-refractivity contribution in [2.45, 2.75) is 33.4 Å². The van der Waals surface area contributed by atoms with E-state index < -0.39 is 10.8 Å². The summed E-state index contributed by atoms with van der Waals surface area (Å²) in [5, 5.41) is 5.54. The number of nitrogens with one attached hydrogen (secondary N) is 1. The molecule has 2 unspecified atom stereocenters. The highest BCUT2D eigenvalue weighted by atomic mass is 32.2. The Labute approximate surface area is 114 Å². The number of rotatable bonds is 5. The van der Waals surface area contributed by atoms with E-state index in [1.807, 2.05) is 6.92 Å². The molecule has 0 aromatic carbocycles. The average Bonchev–Trinajstić information content (AvgIpc) is 2.75. The van der Waals surface area contributed by atoms with Crippen LogP contribution in [0.3, 0.4) is 0 Å². The van der Waals surface area contributed by atoms with Gasteiger partial charge in [-0.2, -0.15) is 0 Å². The highest BCUT2D eigenvalue weighted by molar-refractivity contribution is 7.84. The van der Waals surface area contributed by atoms with E-state index in [4.69, 9.17) is 0 Å². The molecule has 2 rings (SSSR count). The lowest BCUT2D eigenvalue weighted by atomic mass is 10.3. The predicted molar refractivity (Wildman–Crippen MR) is 77.8 cm³/mol. The summed E-state index contributed by atoms with van der Waals surface area (Å²) in [6.45, 7) is 6.97. The van der Waals surface area contributed by atoms with Gasteiger partial charge in [0.25, 0.3) is 0 Å². The van der Waals surface area contributed by atoms with Gasteiger partial charge in [0, 0.05) is 46.5 Å². The van der Waals surface area contributed by atoms with Crippen LogP contribution in [0.5, 0.6) is 0 Å². The third kappa shape index (κ3) is 2.81. The van der Waals surface area contributed by atoms with E-state index in [0.717, 1.165) is 17.2 Å². The summed E-state index contributed by atoms with van der Waals surface area (Å²) in [6, 6.07) is 0.250. The van der Waals surface area contributed by atoms with E-state index >= 15 is 0 Å². The Kier molecular flexibility index (Phi) is 4.19. The maximum absolute atomic E-state index is 11.2. The Balaban J connectivity index is 2.13. The van der Waals surface area contributed by atoms with E-state index in [2.05, 4.69) is 33.9 Å². The van der Waals surface area contributed by atoms with Gasteiger partial charge >= 0.3 is 0 Å². The molecular formula is C12H19N3OS2. The smallest absolute Gasteiger partial charge is 0.194 e. The number of aryl methyl sites for hydroxylation is 2. The Morgan fingerprint density at radius 3 is 2.94 bits per heavy atom. The zero-order valence-corrected chi connectivity index (χ0v) is 12.8. The SMILES string of the molecule is Cc1nc2scc(C)n2c1CNC(C)CS(C)=O. The fourth-order valence-corrected chi connectivity index (χ4v) is 3.81. The van der Waals surface area contributed by atoms with Gasteiger partial charge in [-0.1, -0.05) is 0 Å². The lowest BCUT2D eigenvalue weighted by Gasteiger charge is -2.12. The van der Waals surface area contributed by atoms with E-state index in [0.29, 0.717) is 5.75 Å². The van der Waals surface area contributed by atoms with Gasteiger partial charge in [-0.05, 0) is 20.8 Å². The molecular weight excluding hydrogens is 266 g/mol. The number of nitrogens with zero attached hydrogens (tertiary/aromatic N) is 2. The quantitative estimate of drug-likeness (QED) is 0.912. The van der Waals surface area contributed by atoms with Crippen LogP contribution in [0.4, 0.5) is 0 Å². The van der Waals surface area contributed by atoms with Crippen molar-refractivity contribution in [3.05, 3.63) is 22.5 Å². The summed E-state index contributed by atoms with van der Waals surface area (Å²) >= 11 is 1.67. The van der Waals surface area contributed by atoms with Gasteiger partial charge in [-0.3, -0.25) is 8.61 Å². The number of hydrogen-bond donors (Lipinski definition) is 1. The Morgan fingerprint density at radius 2 is 2.28 bits per heavy atom. The second-order valence-electron chi connectivity index (χ2n) is 4.66. The molecule has 100 valence electrons. The molecule has 0 fully saturated rings. The van der Waals surface area contributed by atoms with Crippen LogP contribution in [0, 0.1) is 13.8 Å². The highest BCUT2D eigenvalue weighted by Gasteiger charge is 2.13. The Bertz CT molecular complexity index is 573. The van der Waals surface area contributed by atoms with Crippen molar-refractivity contribution in [1.82, 2.24) is 14.7 Å². The molecule has 1 N–H and O–H groups in total. The first kappa shape index (κ1) is 13.7. The molecule has 2 heterocycles. The lowest BCUT2D eigenvalue weighted by molar-refractivity contribution is 0.576. The molecule has 0 spiro atoms. The maximum Gasteiger partial charge on any atom is 0.194 e. The molecule has 2 aromatic rings. The van der Waals surface area contributed by atoms with Gasteiger partial charge in [-0.15, -0.1) is 11.3 Å². The summed E-state index contributed by atoms with van der Waals surface area (Å²) in [7, 11) is -0.756. The van der Waals surface area contributed by atoms with E-state index in [1.54, 1.807) is 17.6 Å². The summed E-state index contributed by atoms with van der Waals surface area (Å²) in [6.07, 6.45) is 1.74. The molecule has 0 saturated carbocycles. The second-order valence-corrected chi connectivity index (χ2v) is 6.98. The minimum absolute atomic E-state index is 0.250. The van der Waals surface area contributed by atoms with E-state index in [-0.39, 0.29) is 6.04 Å². The number of fused-ring (bicyclic) bond motifs is 1. The fraction of sp³-hybridized carbons (Fsp3) is 0.583. The van der Waals surface area contributed by atoms with Gasteiger partial charge in [0.1, 0.15) is 0 Å². The van der Waals surface area contributed by atoms with Crippen LogP contribution < -0.4 is 5.32 Å².